The highest BCUT2D eigenvalue weighted by Gasteiger charge is 2.63. The summed E-state index contributed by atoms with van der Waals surface area (Å²) >= 11 is 0. The molecule has 0 aromatic rings. The van der Waals surface area contributed by atoms with Gasteiger partial charge in [0.05, 0.1) is 0 Å². The van der Waals surface area contributed by atoms with E-state index < -0.39 is 0 Å². The molecule has 0 heteroatoms. The minimum absolute atomic E-state index is 0.661. The van der Waals surface area contributed by atoms with Gasteiger partial charge in [-0.05, 0) is 37.5 Å². The SMILES string of the molecule is CC=C1C2C=CC(C2)[C@@]12CC2C. The van der Waals surface area contributed by atoms with Crippen LogP contribution in [0.5, 0.6) is 0 Å². The van der Waals surface area contributed by atoms with Crippen molar-refractivity contribution in [1.82, 2.24) is 0 Å². The van der Waals surface area contributed by atoms with Crippen molar-refractivity contribution in [2.45, 2.75) is 26.7 Å². The Kier molecular flexibility index (Phi) is 1.08. The maximum atomic E-state index is 2.47. The molecular weight excluding hydrogens is 144 g/mol. The lowest BCUT2D eigenvalue weighted by Crippen LogP contribution is -2.12. The van der Waals surface area contributed by atoms with E-state index in [0.29, 0.717) is 5.41 Å². The molecule has 3 aliphatic rings. The number of hydrogen-bond acceptors (Lipinski definition) is 0. The third-order valence-electron chi connectivity index (χ3n) is 4.36. The standard InChI is InChI=1S/C12H16/c1-3-11-9-4-5-10(6-9)12(11)7-8(12)2/h3-5,8-10H,6-7H2,1-2H3/t8?,9?,10?,12-/m0/s1. The lowest BCUT2D eigenvalue weighted by molar-refractivity contribution is 0.458. The quantitative estimate of drug-likeness (QED) is 0.477. The number of rotatable bonds is 0. The third kappa shape index (κ3) is 0.542. The van der Waals surface area contributed by atoms with Crippen molar-refractivity contribution in [2.24, 2.45) is 23.2 Å². The maximum absolute atomic E-state index is 2.47. The van der Waals surface area contributed by atoms with Gasteiger partial charge in [0.25, 0.3) is 0 Å². The van der Waals surface area contributed by atoms with E-state index in [1.54, 1.807) is 5.57 Å². The van der Waals surface area contributed by atoms with Gasteiger partial charge in [0.2, 0.25) is 0 Å². The first-order valence-corrected chi connectivity index (χ1v) is 5.14. The van der Waals surface area contributed by atoms with Crippen molar-refractivity contribution in [3.05, 3.63) is 23.8 Å². The molecule has 64 valence electrons. The van der Waals surface area contributed by atoms with Crippen LogP contribution in [-0.4, -0.2) is 0 Å². The maximum Gasteiger partial charge on any atom is 0.000947 e. The van der Waals surface area contributed by atoms with Crippen molar-refractivity contribution in [3.8, 4) is 0 Å². The van der Waals surface area contributed by atoms with Crippen LogP contribution in [-0.2, 0) is 0 Å². The van der Waals surface area contributed by atoms with Gasteiger partial charge in [0, 0.05) is 5.41 Å². The Morgan fingerprint density at radius 3 is 2.75 bits per heavy atom. The minimum atomic E-state index is 0.661. The predicted octanol–water partition coefficient (Wildman–Crippen LogP) is 3.16. The molecule has 0 nitrogen and oxygen atoms in total. The molecule has 0 heterocycles. The smallest absolute Gasteiger partial charge is 0.000947 e. The Hall–Kier alpha value is -0.520. The Morgan fingerprint density at radius 1 is 1.50 bits per heavy atom. The van der Waals surface area contributed by atoms with E-state index in [1.165, 1.54) is 12.8 Å². The van der Waals surface area contributed by atoms with E-state index in [1.807, 2.05) is 0 Å². The fourth-order valence-electron chi connectivity index (χ4n) is 3.72. The van der Waals surface area contributed by atoms with E-state index >= 15 is 0 Å². The van der Waals surface area contributed by atoms with Gasteiger partial charge >= 0.3 is 0 Å². The first-order chi connectivity index (χ1) is 5.79. The molecule has 2 saturated carbocycles. The van der Waals surface area contributed by atoms with E-state index in [-0.39, 0.29) is 0 Å². The molecule has 0 aromatic heterocycles. The topological polar surface area (TPSA) is 0 Å². The molecule has 3 unspecified atom stereocenters. The Labute approximate surface area is 74.4 Å². The van der Waals surface area contributed by atoms with Crippen LogP contribution in [0.2, 0.25) is 0 Å². The van der Waals surface area contributed by atoms with Crippen LogP contribution in [0.25, 0.3) is 0 Å². The second-order valence-corrected chi connectivity index (χ2v) is 4.72. The molecule has 3 rings (SSSR count). The molecule has 2 bridgehead atoms. The third-order valence-corrected chi connectivity index (χ3v) is 4.36. The van der Waals surface area contributed by atoms with E-state index in [4.69, 9.17) is 0 Å². The summed E-state index contributed by atoms with van der Waals surface area (Å²) in [5, 5.41) is 0. The van der Waals surface area contributed by atoms with E-state index in [2.05, 4.69) is 32.1 Å². The lowest BCUT2D eigenvalue weighted by atomic mass is 9.83. The molecule has 0 saturated heterocycles. The molecule has 3 aliphatic carbocycles. The van der Waals surface area contributed by atoms with Crippen LogP contribution in [0.3, 0.4) is 0 Å². The van der Waals surface area contributed by atoms with Gasteiger partial charge in [0.1, 0.15) is 0 Å². The van der Waals surface area contributed by atoms with Crippen LogP contribution in [0, 0.1) is 23.2 Å². The molecule has 4 atom stereocenters. The van der Waals surface area contributed by atoms with Crippen LogP contribution in [0.1, 0.15) is 26.7 Å². The summed E-state index contributed by atoms with van der Waals surface area (Å²) in [4.78, 5) is 0. The summed E-state index contributed by atoms with van der Waals surface area (Å²) in [7, 11) is 0. The Bertz CT molecular complexity index is 284. The molecule has 0 aliphatic heterocycles. The fourth-order valence-corrected chi connectivity index (χ4v) is 3.72. The first kappa shape index (κ1) is 6.94. The van der Waals surface area contributed by atoms with Crippen LogP contribution in [0.15, 0.2) is 23.8 Å². The zero-order valence-electron chi connectivity index (χ0n) is 7.88. The van der Waals surface area contributed by atoms with Crippen molar-refractivity contribution < 1.29 is 0 Å². The summed E-state index contributed by atoms with van der Waals surface area (Å²) < 4.78 is 0. The summed E-state index contributed by atoms with van der Waals surface area (Å²) in [5.41, 5.74) is 2.43. The molecule has 2 fully saturated rings. The van der Waals surface area contributed by atoms with Gasteiger partial charge in [-0.15, -0.1) is 0 Å². The second-order valence-electron chi connectivity index (χ2n) is 4.72. The van der Waals surface area contributed by atoms with Crippen LogP contribution < -0.4 is 0 Å². The zero-order valence-corrected chi connectivity index (χ0v) is 7.88. The van der Waals surface area contributed by atoms with Gasteiger partial charge in [0.15, 0.2) is 0 Å². The van der Waals surface area contributed by atoms with Crippen molar-refractivity contribution in [3.63, 3.8) is 0 Å². The van der Waals surface area contributed by atoms with Crippen molar-refractivity contribution >= 4 is 0 Å². The largest absolute Gasteiger partial charge is 0.0873 e. The van der Waals surface area contributed by atoms with Gasteiger partial charge in [-0.1, -0.05) is 30.7 Å². The highest BCUT2D eigenvalue weighted by atomic mass is 14.7. The average molecular weight is 160 g/mol. The van der Waals surface area contributed by atoms with Gasteiger partial charge in [-0.2, -0.15) is 0 Å². The van der Waals surface area contributed by atoms with Gasteiger partial charge in [-0.3, -0.25) is 0 Å². The lowest BCUT2D eigenvalue weighted by Gasteiger charge is -2.21. The average Bonchev–Trinajstić information content (AvgIpc) is 2.54. The molecule has 0 amide bonds. The summed E-state index contributed by atoms with van der Waals surface area (Å²) in [6, 6.07) is 0. The second kappa shape index (κ2) is 1.86. The highest BCUT2D eigenvalue weighted by molar-refractivity contribution is 5.41. The van der Waals surface area contributed by atoms with Crippen LogP contribution in [0.4, 0.5) is 0 Å². The first-order valence-electron chi connectivity index (χ1n) is 5.14. The molecule has 0 N–H and O–H groups in total. The van der Waals surface area contributed by atoms with Crippen LogP contribution >= 0.6 is 0 Å². The monoisotopic (exact) mass is 160 g/mol. The molecule has 1 spiro atoms. The molecule has 12 heavy (non-hydrogen) atoms. The number of fused-ring (bicyclic) bond motifs is 3. The summed E-state index contributed by atoms with van der Waals surface area (Å²) in [6.07, 6.45) is 10.2. The summed E-state index contributed by atoms with van der Waals surface area (Å²) in [6.45, 7) is 4.63. The fraction of sp³-hybridized carbons (Fsp3) is 0.667. The molecule has 0 aromatic carbocycles. The van der Waals surface area contributed by atoms with E-state index in [9.17, 15) is 0 Å². The Morgan fingerprint density at radius 2 is 2.25 bits per heavy atom. The minimum Gasteiger partial charge on any atom is -0.0873 e. The normalized spacial score (nSPS) is 57.5. The number of hydrogen-bond donors (Lipinski definition) is 0. The zero-order chi connectivity index (χ0) is 8.34. The van der Waals surface area contributed by atoms with Gasteiger partial charge < -0.3 is 0 Å². The molecular formula is C12H16. The summed E-state index contributed by atoms with van der Waals surface area (Å²) in [5.74, 6) is 2.69. The van der Waals surface area contributed by atoms with E-state index in [0.717, 1.165) is 17.8 Å². The highest BCUT2D eigenvalue weighted by Crippen LogP contribution is 2.72. The number of allylic oxidation sites excluding steroid dienone is 4. The van der Waals surface area contributed by atoms with Gasteiger partial charge in [-0.25, -0.2) is 0 Å². The predicted molar refractivity (Wildman–Crippen MR) is 50.7 cm³/mol. The van der Waals surface area contributed by atoms with Crippen molar-refractivity contribution in [2.75, 3.05) is 0 Å². The molecule has 0 radical (unpaired) electrons. The Balaban J connectivity index is 2.10. The van der Waals surface area contributed by atoms with Crippen molar-refractivity contribution in [1.29, 1.82) is 0 Å².